The third-order valence-electron chi connectivity index (χ3n) is 15.0. The standard InChI is InChI=1S/C66H126O6/c1-4-7-10-13-16-19-21-23-25-26-27-28-29-30-31-32-33-34-35-36-37-38-39-40-42-43-45-47-50-53-56-59-65(68)71-62-63(61-70-64(67)58-55-52-49-18-15-12-9-6-3)72-66(69)60-57-54-51-48-46-44-41-24-22-20-17-14-11-8-5-2/h26-27,63H,4-25,28-62H2,1-3H3/b27-26-. The van der Waals surface area contributed by atoms with Crippen LogP contribution in [0.2, 0.25) is 0 Å². The van der Waals surface area contributed by atoms with Gasteiger partial charge in [-0.25, -0.2) is 0 Å². The average molecular weight is 1020 g/mol. The topological polar surface area (TPSA) is 78.9 Å². The molecule has 6 nitrogen and oxygen atoms in total. The average Bonchev–Trinajstić information content (AvgIpc) is 3.38. The number of carbonyl (C=O) groups is 3. The molecule has 72 heavy (non-hydrogen) atoms. The summed E-state index contributed by atoms with van der Waals surface area (Å²) in [7, 11) is 0. The molecule has 426 valence electrons. The van der Waals surface area contributed by atoms with Gasteiger partial charge in [0.2, 0.25) is 0 Å². The Balaban J connectivity index is 3.98. The molecular formula is C66H126O6. The van der Waals surface area contributed by atoms with E-state index in [1.807, 2.05) is 0 Å². The Bertz CT molecular complexity index is 1120. The van der Waals surface area contributed by atoms with Crippen LogP contribution in [0.1, 0.15) is 374 Å². The van der Waals surface area contributed by atoms with E-state index in [1.54, 1.807) is 0 Å². The smallest absolute Gasteiger partial charge is 0.306 e. The van der Waals surface area contributed by atoms with Crippen molar-refractivity contribution in [2.75, 3.05) is 13.2 Å². The lowest BCUT2D eigenvalue weighted by Gasteiger charge is -2.18. The maximum absolute atomic E-state index is 12.8. The van der Waals surface area contributed by atoms with Crippen LogP contribution in [0, 0.1) is 0 Å². The van der Waals surface area contributed by atoms with Gasteiger partial charge in [0.05, 0.1) is 0 Å². The van der Waals surface area contributed by atoms with Crippen LogP contribution in [0.5, 0.6) is 0 Å². The number of hydrogen-bond acceptors (Lipinski definition) is 6. The first kappa shape index (κ1) is 70.1. The highest BCUT2D eigenvalue weighted by atomic mass is 16.6. The lowest BCUT2D eigenvalue weighted by Crippen LogP contribution is -2.30. The van der Waals surface area contributed by atoms with Crippen molar-refractivity contribution in [1.29, 1.82) is 0 Å². The quantitative estimate of drug-likeness (QED) is 0.0261. The predicted molar refractivity (Wildman–Crippen MR) is 312 cm³/mol. The Hall–Kier alpha value is -1.85. The molecule has 1 unspecified atom stereocenters. The molecule has 0 aliphatic rings. The zero-order valence-electron chi connectivity index (χ0n) is 49.0. The van der Waals surface area contributed by atoms with Crippen molar-refractivity contribution in [3.63, 3.8) is 0 Å². The summed E-state index contributed by atoms with van der Waals surface area (Å²) in [6.45, 7) is 6.68. The maximum atomic E-state index is 12.8. The van der Waals surface area contributed by atoms with Crippen LogP contribution in [0.25, 0.3) is 0 Å². The number of allylic oxidation sites excluding steroid dienone is 2. The van der Waals surface area contributed by atoms with Crippen LogP contribution in [0.3, 0.4) is 0 Å². The summed E-state index contributed by atoms with van der Waals surface area (Å²) < 4.78 is 16.9. The second kappa shape index (κ2) is 61.7. The molecule has 6 heteroatoms. The first-order valence-corrected chi connectivity index (χ1v) is 32.7. The van der Waals surface area contributed by atoms with E-state index >= 15 is 0 Å². The van der Waals surface area contributed by atoms with E-state index in [0.29, 0.717) is 19.3 Å². The Kier molecular flexibility index (Phi) is 60.1. The van der Waals surface area contributed by atoms with E-state index in [9.17, 15) is 14.4 Å². The van der Waals surface area contributed by atoms with Crippen LogP contribution in [-0.2, 0) is 28.6 Å². The first-order valence-electron chi connectivity index (χ1n) is 32.7. The van der Waals surface area contributed by atoms with Gasteiger partial charge >= 0.3 is 17.9 Å². The van der Waals surface area contributed by atoms with Crippen LogP contribution in [0.15, 0.2) is 12.2 Å². The zero-order valence-corrected chi connectivity index (χ0v) is 49.0. The molecule has 0 spiro atoms. The van der Waals surface area contributed by atoms with E-state index < -0.39 is 6.10 Å². The SMILES string of the molecule is CCCCCCCCCC/C=C\CCCCCCCCCCCCCCCCCCCCCC(=O)OCC(COC(=O)CCCCCCCCCC)OC(=O)CCCCCCCCCCCCCCCCC. The van der Waals surface area contributed by atoms with Crippen molar-refractivity contribution in [3.8, 4) is 0 Å². The molecule has 1 atom stereocenters. The molecule has 0 aliphatic carbocycles. The third kappa shape index (κ3) is 59.0. The Morgan fingerprint density at radius 1 is 0.264 bits per heavy atom. The molecule has 0 aromatic heterocycles. The lowest BCUT2D eigenvalue weighted by atomic mass is 10.0. The second-order valence-electron chi connectivity index (χ2n) is 22.4. The minimum absolute atomic E-state index is 0.0630. The van der Waals surface area contributed by atoms with E-state index in [1.165, 1.54) is 276 Å². The molecule has 0 saturated carbocycles. The summed E-state index contributed by atoms with van der Waals surface area (Å²) in [4.78, 5) is 38.1. The normalized spacial score (nSPS) is 12.0. The summed E-state index contributed by atoms with van der Waals surface area (Å²) in [5.41, 5.74) is 0. The Morgan fingerprint density at radius 2 is 0.458 bits per heavy atom. The number of unbranched alkanes of at least 4 members (excludes halogenated alkanes) is 48. The molecule has 0 aromatic rings. The lowest BCUT2D eigenvalue weighted by molar-refractivity contribution is -0.167. The van der Waals surface area contributed by atoms with E-state index in [4.69, 9.17) is 14.2 Å². The molecule has 0 aromatic carbocycles. The number of rotatable bonds is 61. The van der Waals surface area contributed by atoms with Gasteiger partial charge in [-0.15, -0.1) is 0 Å². The van der Waals surface area contributed by atoms with Crippen molar-refractivity contribution in [1.82, 2.24) is 0 Å². The van der Waals surface area contributed by atoms with Gasteiger partial charge in [-0.3, -0.25) is 14.4 Å². The molecule has 0 fully saturated rings. The summed E-state index contributed by atoms with van der Waals surface area (Å²) in [6, 6.07) is 0. The monoisotopic (exact) mass is 1010 g/mol. The Labute approximate surface area is 450 Å². The van der Waals surface area contributed by atoms with Gasteiger partial charge in [-0.2, -0.15) is 0 Å². The highest BCUT2D eigenvalue weighted by Gasteiger charge is 2.19. The first-order chi connectivity index (χ1) is 35.5. The van der Waals surface area contributed by atoms with Gasteiger partial charge in [-0.05, 0) is 44.9 Å². The predicted octanol–water partition coefficient (Wildman–Crippen LogP) is 22.1. The van der Waals surface area contributed by atoms with Crippen molar-refractivity contribution in [2.45, 2.75) is 380 Å². The molecule has 0 rings (SSSR count). The minimum Gasteiger partial charge on any atom is -0.462 e. The van der Waals surface area contributed by atoms with Crippen molar-refractivity contribution < 1.29 is 28.6 Å². The van der Waals surface area contributed by atoms with E-state index in [2.05, 4.69) is 32.9 Å². The zero-order chi connectivity index (χ0) is 52.2. The molecule has 0 saturated heterocycles. The van der Waals surface area contributed by atoms with Crippen molar-refractivity contribution >= 4 is 17.9 Å². The number of esters is 3. The third-order valence-corrected chi connectivity index (χ3v) is 15.0. The van der Waals surface area contributed by atoms with Gasteiger partial charge in [0.15, 0.2) is 6.10 Å². The van der Waals surface area contributed by atoms with Gasteiger partial charge in [0, 0.05) is 19.3 Å². The molecule has 0 amide bonds. The minimum atomic E-state index is -0.762. The highest BCUT2D eigenvalue weighted by Crippen LogP contribution is 2.18. The van der Waals surface area contributed by atoms with Crippen LogP contribution < -0.4 is 0 Å². The van der Waals surface area contributed by atoms with Crippen LogP contribution in [-0.4, -0.2) is 37.2 Å². The van der Waals surface area contributed by atoms with Gasteiger partial charge in [-0.1, -0.05) is 322 Å². The molecule has 0 heterocycles. The van der Waals surface area contributed by atoms with Crippen molar-refractivity contribution in [3.05, 3.63) is 12.2 Å². The van der Waals surface area contributed by atoms with Gasteiger partial charge in [0.1, 0.15) is 13.2 Å². The number of carbonyl (C=O) groups excluding carboxylic acids is 3. The Morgan fingerprint density at radius 3 is 0.694 bits per heavy atom. The molecular weight excluding hydrogens is 889 g/mol. The fourth-order valence-electron chi connectivity index (χ4n) is 10.1. The summed E-state index contributed by atoms with van der Waals surface area (Å²) in [5, 5.41) is 0. The molecule has 0 radical (unpaired) electrons. The number of hydrogen-bond donors (Lipinski definition) is 0. The summed E-state index contributed by atoms with van der Waals surface area (Å²) in [6.07, 6.45) is 72.6. The van der Waals surface area contributed by atoms with Gasteiger partial charge in [0.25, 0.3) is 0 Å². The second-order valence-corrected chi connectivity index (χ2v) is 22.4. The summed E-state index contributed by atoms with van der Waals surface area (Å²) >= 11 is 0. The fourth-order valence-corrected chi connectivity index (χ4v) is 10.1. The van der Waals surface area contributed by atoms with Crippen LogP contribution >= 0.6 is 0 Å². The highest BCUT2D eigenvalue weighted by molar-refractivity contribution is 5.71. The molecule has 0 N–H and O–H groups in total. The maximum Gasteiger partial charge on any atom is 0.306 e. The van der Waals surface area contributed by atoms with Crippen molar-refractivity contribution in [2.24, 2.45) is 0 Å². The molecule has 0 bridgehead atoms. The largest absolute Gasteiger partial charge is 0.462 e. The molecule has 0 aliphatic heterocycles. The van der Waals surface area contributed by atoms with Gasteiger partial charge < -0.3 is 14.2 Å². The summed E-state index contributed by atoms with van der Waals surface area (Å²) in [5.74, 6) is -0.840. The van der Waals surface area contributed by atoms with Crippen LogP contribution in [0.4, 0.5) is 0 Å². The fraction of sp³-hybridized carbons (Fsp3) is 0.924. The number of ether oxygens (including phenoxy) is 3. The van der Waals surface area contributed by atoms with E-state index in [0.717, 1.165) is 57.8 Å². The van der Waals surface area contributed by atoms with E-state index in [-0.39, 0.29) is 31.1 Å².